The van der Waals surface area contributed by atoms with Crippen molar-refractivity contribution in [1.82, 2.24) is 4.98 Å². The lowest BCUT2D eigenvalue weighted by Crippen LogP contribution is -2.30. The van der Waals surface area contributed by atoms with E-state index in [2.05, 4.69) is 24.9 Å². The first-order chi connectivity index (χ1) is 14.7. The van der Waals surface area contributed by atoms with E-state index in [0.29, 0.717) is 35.7 Å². The Balaban J connectivity index is 1.51. The normalized spacial score (nSPS) is 20.9. The van der Waals surface area contributed by atoms with Crippen molar-refractivity contribution in [2.45, 2.75) is 45.0 Å². The summed E-state index contributed by atoms with van der Waals surface area (Å²) in [6.45, 7) is 8.80. The zero-order chi connectivity index (χ0) is 22.0. The van der Waals surface area contributed by atoms with Gasteiger partial charge in [0.25, 0.3) is 0 Å². The molecule has 2 aliphatic rings. The summed E-state index contributed by atoms with van der Waals surface area (Å²) >= 11 is 0. The van der Waals surface area contributed by atoms with Crippen molar-refractivity contribution in [3.63, 3.8) is 0 Å². The summed E-state index contributed by atoms with van der Waals surface area (Å²) in [7, 11) is 0. The molecule has 2 heterocycles. The molecule has 0 amide bonds. The molecule has 0 radical (unpaired) electrons. The number of fused-ring (bicyclic) bond motifs is 4. The average molecular weight is 416 g/mol. The van der Waals surface area contributed by atoms with Gasteiger partial charge in [-0.3, -0.25) is 4.79 Å². The lowest BCUT2D eigenvalue weighted by atomic mass is 9.71. The number of nitrogens with zero attached hydrogens (tertiary/aromatic N) is 1. The molecule has 0 spiro atoms. The largest absolute Gasteiger partial charge is 0.491 e. The van der Waals surface area contributed by atoms with Gasteiger partial charge in [-0.05, 0) is 43.7 Å². The van der Waals surface area contributed by atoms with Crippen LogP contribution >= 0.6 is 0 Å². The number of nitriles is 1. The third-order valence-electron chi connectivity index (χ3n) is 6.19. The Kier molecular flexibility index (Phi) is 4.27. The summed E-state index contributed by atoms with van der Waals surface area (Å²) in [5.41, 5.74) is 4.11. The molecule has 1 atom stereocenters. The fourth-order valence-electron chi connectivity index (χ4n) is 4.62. The summed E-state index contributed by atoms with van der Waals surface area (Å²) in [4.78, 5) is 16.9. The molecule has 158 valence electrons. The second kappa shape index (κ2) is 6.68. The molecule has 5 rings (SSSR count). The van der Waals surface area contributed by atoms with Crippen LogP contribution in [0.2, 0.25) is 0 Å². The van der Waals surface area contributed by atoms with Crippen LogP contribution < -0.4 is 4.74 Å². The lowest BCUT2D eigenvalue weighted by Gasteiger charge is -2.32. The van der Waals surface area contributed by atoms with E-state index in [1.807, 2.05) is 38.1 Å². The standard InChI is InChI=1S/C25H24N2O4/c1-24(2)19-8-6-15(29-12-16-13-30-25(3,4)31-16)10-18(19)22(28)21-17-7-5-14(11-26)9-20(17)27-23(21)24/h5-10,16,27H,12-13H2,1-4H3. The van der Waals surface area contributed by atoms with E-state index in [0.717, 1.165) is 22.2 Å². The van der Waals surface area contributed by atoms with E-state index in [4.69, 9.17) is 14.2 Å². The second-order valence-corrected chi connectivity index (χ2v) is 9.17. The van der Waals surface area contributed by atoms with Crippen LogP contribution in [0.25, 0.3) is 10.9 Å². The number of rotatable bonds is 3. The van der Waals surface area contributed by atoms with Gasteiger partial charge in [0.2, 0.25) is 0 Å². The Morgan fingerprint density at radius 2 is 2.00 bits per heavy atom. The third-order valence-corrected chi connectivity index (χ3v) is 6.19. The molecule has 31 heavy (non-hydrogen) atoms. The first-order valence-electron chi connectivity index (χ1n) is 10.4. The Hall–Kier alpha value is -3.14. The maximum Gasteiger partial charge on any atom is 0.195 e. The zero-order valence-electron chi connectivity index (χ0n) is 18.0. The van der Waals surface area contributed by atoms with Crippen LogP contribution in [0.1, 0.15) is 60.4 Å². The van der Waals surface area contributed by atoms with E-state index in [1.54, 1.807) is 12.1 Å². The van der Waals surface area contributed by atoms with Gasteiger partial charge in [-0.1, -0.05) is 26.0 Å². The SMILES string of the molecule is CC1(C)OCC(COc2ccc3c(c2)C(=O)c2c([nH]c4cc(C#N)ccc24)C3(C)C)O1. The average Bonchev–Trinajstić information content (AvgIpc) is 3.30. The van der Waals surface area contributed by atoms with E-state index < -0.39 is 11.2 Å². The maximum atomic E-state index is 13.5. The monoisotopic (exact) mass is 416 g/mol. The highest BCUT2D eigenvalue weighted by atomic mass is 16.7. The molecule has 1 N–H and O–H groups in total. The van der Waals surface area contributed by atoms with Crippen LogP contribution in [0.4, 0.5) is 0 Å². The van der Waals surface area contributed by atoms with Gasteiger partial charge in [0.05, 0.1) is 23.8 Å². The highest BCUT2D eigenvalue weighted by Gasteiger charge is 2.40. The summed E-state index contributed by atoms with van der Waals surface area (Å²) in [6, 6.07) is 13.2. The predicted molar refractivity (Wildman–Crippen MR) is 115 cm³/mol. The number of benzene rings is 2. The molecule has 1 unspecified atom stereocenters. The number of H-pyrrole nitrogens is 1. The Labute approximate surface area is 180 Å². The van der Waals surface area contributed by atoms with Crippen molar-refractivity contribution < 1.29 is 19.0 Å². The minimum atomic E-state index is -0.596. The predicted octanol–water partition coefficient (Wildman–Crippen LogP) is 4.44. The number of ether oxygens (including phenoxy) is 3. The van der Waals surface area contributed by atoms with Gasteiger partial charge >= 0.3 is 0 Å². The lowest BCUT2D eigenvalue weighted by molar-refractivity contribution is -0.141. The summed E-state index contributed by atoms with van der Waals surface area (Å²) in [5.74, 6) is -0.000303. The molecule has 1 saturated heterocycles. The topological polar surface area (TPSA) is 84.3 Å². The Morgan fingerprint density at radius 1 is 1.19 bits per heavy atom. The number of carbonyl (C=O) groups is 1. The number of hydrogen-bond donors (Lipinski definition) is 1. The quantitative estimate of drug-likeness (QED) is 0.682. The Bertz CT molecular complexity index is 1260. The summed E-state index contributed by atoms with van der Waals surface area (Å²) < 4.78 is 17.3. The van der Waals surface area contributed by atoms with Crippen molar-refractivity contribution in [2.75, 3.05) is 13.2 Å². The van der Waals surface area contributed by atoms with Crippen LogP contribution in [0.3, 0.4) is 0 Å². The third kappa shape index (κ3) is 3.13. The number of hydrogen-bond acceptors (Lipinski definition) is 5. The van der Waals surface area contributed by atoms with Crippen molar-refractivity contribution in [1.29, 1.82) is 5.26 Å². The number of aromatic nitrogens is 1. The highest BCUT2D eigenvalue weighted by molar-refractivity contribution is 6.20. The van der Waals surface area contributed by atoms with Crippen molar-refractivity contribution >= 4 is 16.7 Å². The van der Waals surface area contributed by atoms with E-state index in [9.17, 15) is 10.1 Å². The van der Waals surface area contributed by atoms with Crippen LogP contribution in [-0.4, -0.2) is 35.9 Å². The minimum absolute atomic E-state index is 0.0349. The van der Waals surface area contributed by atoms with Gasteiger partial charge in [-0.25, -0.2) is 0 Å². The van der Waals surface area contributed by atoms with Gasteiger partial charge in [0.1, 0.15) is 18.5 Å². The van der Waals surface area contributed by atoms with E-state index >= 15 is 0 Å². The summed E-state index contributed by atoms with van der Waals surface area (Å²) in [6.07, 6.45) is -0.146. The number of nitrogens with one attached hydrogen (secondary N) is 1. The van der Waals surface area contributed by atoms with Gasteiger partial charge in [0, 0.05) is 27.6 Å². The molecule has 6 nitrogen and oxygen atoms in total. The van der Waals surface area contributed by atoms with Crippen molar-refractivity contribution in [3.8, 4) is 11.8 Å². The minimum Gasteiger partial charge on any atom is -0.491 e. The van der Waals surface area contributed by atoms with Crippen LogP contribution in [0.5, 0.6) is 5.75 Å². The molecule has 6 heteroatoms. The van der Waals surface area contributed by atoms with Crippen LogP contribution in [-0.2, 0) is 14.9 Å². The number of ketones is 1. The summed E-state index contributed by atoms with van der Waals surface area (Å²) in [5, 5.41) is 10.1. The maximum absolute atomic E-state index is 13.5. The Morgan fingerprint density at radius 3 is 2.71 bits per heavy atom. The van der Waals surface area contributed by atoms with Crippen LogP contribution in [0.15, 0.2) is 36.4 Å². The van der Waals surface area contributed by atoms with Crippen LogP contribution in [0, 0.1) is 11.3 Å². The van der Waals surface area contributed by atoms with Crippen molar-refractivity contribution in [3.05, 3.63) is 64.3 Å². The fourth-order valence-corrected chi connectivity index (χ4v) is 4.62. The van der Waals surface area contributed by atoms with Crippen molar-refractivity contribution in [2.24, 2.45) is 0 Å². The van der Waals surface area contributed by atoms with E-state index in [1.165, 1.54) is 0 Å². The molecule has 2 aromatic carbocycles. The van der Waals surface area contributed by atoms with Gasteiger partial charge in [-0.15, -0.1) is 0 Å². The smallest absolute Gasteiger partial charge is 0.195 e. The zero-order valence-corrected chi connectivity index (χ0v) is 18.0. The molecule has 0 bridgehead atoms. The molecule has 3 aromatic rings. The fraction of sp³-hybridized carbons (Fsp3) is 0.360. The molecule has 1 aromatic heterocycles. The van der Waals surface area contributed by atoms with Gasteiger partial charge < -0.3 is 19.2 Å². The molecule has 0 saturated carbocycles. The molecular formula is C25H24N2O4. The van der Waals surface area contributed by atoms with Gasteiger partial charge in [0.15, 0.2) is 11.6 Å². The first kappa shape index (κ1) is 19.8. The number of aromatic amines is 1. The molecular weight excluding hydrogens is 392 g/mol. The molecule has 1 aliphatic heterocycles. The first-order valence-corrected chi connectivity index (χ1v) is 10.4. The highest BCUT2D eigenvalue weighted by Crippen LogP contribution is 2.44. The molecule has 1 fully saturated rings. The van der Waals surface area contributed by atoms with E-state index in [-0.39, 0.29) is 11.9 Å². The van der Waals surface area contributed by atoms with Gasteiger partial charge in [-0.2, -0.15) is 5.26 Å². The number of carbonyl (C=O) groups excluding carboxylic acids is 1. The second-order valence-electron chi connectivity index (χ2n) is 9.17. The molecule has 1 aliphatic carbocycles.